The van der Waals surface area contributed by atoms with Crippen LogP contribution in [0.3, 0.4) is 0 Å². The fourth-order valence-corrected chi connectivity index (χ4v) is 4.43. The lowest BCUT2D eigenvalue weighted by atomic mass is 10.1. The van der Waals surface area contributed by atoms with Gasteiger partial charge in [-0.25, -0.2) is 14.5 Å². The number of benzene rings is 2. The number of rotatable bonds is 8. The number of morpholine rings is 1. The molecule has 2 N–H and O–H groups in total. The van der Waals surface area contributed by atoms with Crippen molar-refractivity contribution in [3.8, 4) is 6.07 Å². The highest BCUT2D eigenvalue weighted by Crippen LogP contribution is 2.24. The molecule has 0 saturated carbocycles. The van der Waals surface area contributed by atoms with Gasteiger partial charge in [0.1, 0.15) is 11.2 Å². The summed E-state index contributed by atoms with van der Waals surface area (Å²) in [6, 6.07) is 12.8. The zero-order chi connectivity index (χ0) is 35.1. The molecular weight excluding hydrogens is 612 g/mol. The number of esters is 1. The number of ether oxygens (including phenoxy) is 4. The quantitative estimate of drug-likeness (QED) is 0.313. The van der Waals surface area contributed by atoms with E-state index in [1.165, 1.54) is 30.2 Å². The lowest BCUT2D eigenvalue weighted by molar-refractivity contribution is -0.150. The maximum absolute atomic E-state index is 13.3. The maximum Gasteiger partial charge on any atom is 0.420 e. The Morgan fingerprint density at radius 1 is 1.06 bits per heavy atom. The molecule has 14 nitrogen and oxygen atoms in total. The van der Waals surface area contributed by atoms with Crippen LogP contribution in [-0.2, 0) is 46.3 Å². The summed E-state index contributed by atoms with van der Waals surface area (Å²) in [5.74, 6) is -2.09. The second-order valence-corrected chi connectivity index (χ2v) is 12.7. The summed E-state index contributed by atoms with van der Waals surface area (Å²) in [7, 11) is 1.27. The van der Waals surface area contributed by atoms with E-state index < -0.39 is 59.9 Å². The van der Waals surface area contributed by atoms with Crippen molar-refractivity contribution in [1.29, 1.82) is 5.26 Å². The largest absolute Gasteiger partial charge is 0.469 e. The number of aliphatic hydroxyl groups is 1. The van der Waals surface area contributed by atoms with Crippen molar-refractivity contribution >= 4 is 41.3 Å². The van der Waals surface area contributed by atoms with Crippen LogP contribution >= 0.6 is 0 Å². The minimum atomic E-state index is -1.93. The molecule has 0 bridgehead atoms. The van der Waals surface area contributed by atoms with E-state index in [9.17, 15) is 34.3 Å². The molecule has 0 aromatic heterocycles. The predicted molar refractivity (Wildman–Crippen MR) is 168 cm³/mol. The summed E-state index contributed by atoms with van der Waals surface area (Å²) >= 11 is 0. The van der Waals surface area contributed by atoms with Crippen molar-refractivity contribution in [3.05, 3.63) is 59.2 Å². The van der Waals surface area contributed by atoms with Crippen molar-refractivity contribution in [2.24, 2.45) is 0 Å². The van der Waals surface area contributed by atoms with Gasteiger partial charge in [-0.15, -0.1) is 0 Å². The second kappa shape index (κ2) is 15.1. The van der Waals surface area contributed by atoms with Crippen LogP contribution in [0.2, 0.25) is 0 Å². The number of carbonyl (C=O) groups excluding carboxylic acids is 5. The lowest BCUT2D eigenvalue weighted by Crippen LogP contribution is -2.55. The van der Waals surface area contributed by atoms with E-state index in [0.717, 1.165) is 0 Å². The van der Waals surface area contributed by atoms with Gasteiger partial charge in [0.25, 0.3) is 11.8 Å². The topological polar surface area (TPSA) is 185 Å². The third kappa shape index (κ3) is 10.2. The van der Waals surface area contributed by atoms with Gasteiger partial charge in [-0.2, -0.15) is 5.26 Å². The van der Waals surface area contributed by atoms with E-state index in [4.69, 9.17) is 18.9 Å². The zero-order valence-corrected chi connectivity index (χ0v) is 27.5. The number of hydrogen-bond donors (Lipinski definition) is 2. The van der Waals surface area contributed by atoms with E-state index in [-0.39, 0.29) is 36.4 Å². The average Bonchev–Trinajstić information content (AvgIpc) is 2.98. The molecule has 2 aromatic carbocycles. The molecule has 2 atom stereocenters. The minimum Gasteiger partial charge on any atom is -0.469 e. The molecule has 1 heterocycles. The summed E-state index contributed by atoms with van der Waals surface area (Å²) in [6.07, 6.45) is -5.48. The number of amides is 4. The minimum absolute atomic E-state index is 0.00276. The molecule has 4 amide bonds. The molecule has 3 rings (SSSR count). The van der Waals surface area contributed by atoms with Gasteiger partial charge in [-0.05, 0) is 83.0 Å². The highest BCUT2D eigenvalue weighted by molar-refractivity contribution is 6.04. The predicted octanol–water partition coefficient (Wildman–Crippen LogP) is 3.68. The van der Waals surface area contributed by atoms with Gasteiger partial charge in [0.2, 0.25) is 0 Å². The molecule has 14 heteroatoms. The Morgan fingerprint density at radius 2 is 1.70 bits per heavy atom. The Balaban J connectivity index is 1.81. The standard InChI is InChI=1S/C33H40N4O10/c1-32(2,3)46-30(42)37(31(43)47-33(4,5)6)19-22-17-23(12-11-21(22)18-34)35-28(40)26(39)27-29(41)36(13-14-45-27)24-10-8-9-20(15-24)16-25(38)44-7/h8-12,15,17,26-27,39H,13-14,16,19H2,1-7H3,(H,35,40)/t26-,27-/m1/s1. The van der Waals surface area contributed by atoms with Crippen molar-refractivity contribution in [2.75, 3.05) is 30.5 Å². The summed E-state index contributed by atoms with van der Waals surface area (Å²) in [4.78, 5) is 66.3. The third-order valence-electron chi connectivity index (χ3n) is 6.52. The first-order valence-corrected chi connectivity index (χ1v) is 14.8. The Kier molecular flexibility index (Phi) is 11.7. The van der Waals surface area contributed by atoms with Gasteiger partial charge in [0.15, 0.2) is 12.2 Å². The number of methoxy groups -OCH3 is 1. The first-order chi connectivity index (χ1) is 21.9. The van der Waals surface area contributed by atoms with E-state index in [0.29, 0.717) is 16.2 Å². The van der Waals surface area contributed by atoms with Gasteiger partial charge >= 0.3 is 18.2 Å². The van der Waals surface area contributed by atoms with E-state index >= 15 is 0 Å². The number of anilines is 2. The van der Waals surface area contributed by atoms with Crippen LogP contribution in [0.5, 0.6) is 0 Å². The van der Waals surface area contributed by atoms with Gasteiger partial charge in [-0.3, -0.25) is 14.4 Å². The van der Waals surface area contributed by atoms with Crippen LogP contribution in [0.15, 0.2) is 42.5 Å². The van der Waals surface area contributed by atoms with Crippen molar-refractivity contribution < 1.29 is 48.0 Å². The van der Waals surface area contributed by atoms with Crippen LogP contribution < -0.4 is 10.2 Å². The van der Waals surface area contributed by atoms with Crippen LogP contribution in [0, 0.1) is 11.3 Å². The molecule has 0 spiro atoms. The van der Waals surface area contributed by atoms with Gasteiger partial charge in [0.05, 0.1) is 38.3 Å². The molecule has 0 radical (unpaired) electrons. The number of aliphatic hydroxyl groups excluding tert-OH is 1. The van der Waals surface area contributed by atoms with Crippen LogP contribution in [-0.4, -0.2) is 83.6 Å². The monoisotopic (exact) mass is 652 g/mol. The molecule has 0 unspecified atom stereocenters. The lowest BCUT2D eigenvalue weighted by Gasteiger charge is -2.34. The first kappa shape index (κ1) is 36.5. The Hall–Kier alpha value is -5.00. The smallest absolute Gasteiger partial charge is 0.420 e. The first-order valence-electron chi connectivity index (χ1n) is 14.8. The average molecular weight is 653 g/mol. The molecule has 2 aromatic rings. The highest BCUT2D eigenvalue weighted by Gasteiger charge is 2.39. The Morgan fingerprint density at radius 3 is 2.28 bits per heavy atom. The second-order valence-electron chi connectivity index (χ2n) is 12.7. The number of nitriles is 1. The molecule has 1 aliphatic heterocycles. The normalized spacial score (nSPS) is 15.6. The molecule has 1 saturated heterocycles. The Bertz CT molecular complexity index is 1530. The van der Waals surface area contributed by atoms with Crippen molar-refractivity contribution in [1.82, 2.24) is 4.90 Å². The summed E-state index contributed by atoms with van der Waals surface area (Å²) in [5, 5.41) is 23.1. The van der Waals surface area contributed by atoms with Gasteiger partial charge < -0.3 is 34.3 Å². The van der Waals surface area contributed by atoms with Crippen molar-refractivity contribution in [3.63, 3.8) is 0 Å². The number of hydrogen-bond acceptors (Lipinski definition) is 11. The molecule has 0 aliphatic carbocycles. The number of imide groups is 1. The van der Waals surface area contributed by atoms with Gasteiger partial charge in [-0.1, -0.05) is 12.1 Å². The van der Waals surface area contributed by atoms with Crippen molar-refractivity contribution in [2.45, 2.75) is 77.9 Å². The summed E-state index contributed by atoms with van der Waals surface area (Å²) < 4.78 is 21.0. The highest BCUT2D eigenvalue weighted by atomic mass is 16.6. The van der Waals surface area contributed by atoms with Crippen LogP contribution in [0.25, 0.3) is 0 Å². The zero-order valence-electron chi connectivity index (χ0n) is 27.5. The third-order valence-corrected chi connectivity index (χ3v) is 6.52. The van der Waals surface area contributed by atoms with E-state index in [1.54, 1.807) is 65.8 Å². The fourth-order valence-electron chi connectivity index (χ4n) is 4.43. The molecule has 1 aliphatic rings. The van der Waals surface area contributed by atoms with Crippen LogP contribution in [0.1, 0.15) is 58.2 Å². The fraction of sp³-hybridized carbons (Fsp3) is 0.455. The van der Waals surface area contributed by atoms with E-state index in [2.05, 4.69) is 5.32 Å². The maximum atomic E-state index is 13.3. The molecule has 1 fully saturated rings. The van der Waals surface area contributed by atoms with Gasteiger partial charge in [0, 0.05) is 17.9 Å². The van der Waals surface area contributed by atoms with E-state index in [1.807, 2.05) is 6.07 Å². The molecule has 252 valence electrons. The Labute approximate surface area is 273 Å². The summed E-state index contributed by atoms with van der Waals surface area (Å²) in [6.45, 7) is 9.50. The van der Waals surface area contributed by atoms with Crippen LogP contribution in [0.4, 0.5) is 21.0 Å². The number of nitrogens with one attached hydrogen (secondary N) is 1. The number of nitrogens with zero attached hydrogens (tertiary/aromatic N) is 3. The molecular formula is C33H40N4O10. The summed E-state index contributed by atoms with van der Waals surface area (Å²) in [5.41, 5.74) is -0.461. The molecule has 47 heavy (non-hydrogen) atoms. The SMILES string of the molecule is COC(=O)Cc1cccc(N2CCO[C@H]([C@@H](O)C(=O)Nc3ccc(C#N)c(CN(C(=O)OC(C)(C)C)C(=O)OC(C)(C)C)c3)C2=O)c1. The number of carbonyl (C=O) groups is 5.